The Morgan fingerprint density at radius 3 is 0.714 bits per heavy atom. The van der Waals surface area contributed by atoms with Gasteiger partial charge in [-0.25, -0.2) is 29.1 Å². The average Bonchev–Trinajstić information content (AvgIpc) is 4.55. The van der Waals surface area contributed by atoms with Crippen LogP contribution in [0.4, 0.5) is 0 Å². The van der Waals surface area contributed by atoms with Crippen LogP contribution in [0.2, 0.25) is 0 Å². The van der Waals surface area contributed by atoms with Gasteiger partial charge < -0.3 is 28.9 Å². The second-order valence-electron chi connectivity index (χ2n) is 19.6. The lowest BCUT2D eigenvalue weighted by atomic mass is 10.0. The van der Waals surface area contributed by atoms with Crippen molar-refractivity contribution in [2.45, 2.75) is 0 Å². The SMILES string of the molecule is O=C(Oc1ccccc1)c1cccc(-c2c3nc(c(-c4cccc(C(=O)Oc5ccccc5)c4)c4ccc([nH]4)c(-c4cccc(C(=O)Oc5ccccc5)c4)c4nc(c(-c5cccc(C(=O)Oc6ccccc6)c5)c5ccc2[nH]5)C=C4)C=C3)c1. The molecule has 13 rings (SSSR count). The number of para-hydroxylation sites is 4. The third-order valence-electron chi connectivity index (χ3n) is 14.1. The molecule has 0 atom stereocenters. The summed E-state index contributed by atoms with van der Waals surface area (Å²) in [6.45, 7) is 0. The zero-order valence-corrected chi connectivity index (χ0v) is 44.6. The Hall–Kier alpha value is -11.8. The average molecular weight is 1100 g/mol. The first-order valence-corrected chi connectivity index (χ1v) is 26.9. The van der Waals surface area contributed by atoms with Crippen LogP contribution in [0, 0.1) is 0 Å². The van der Waals surface area contributed by atoms with Crippen molar-refractivity contribution < 1.29 is 38.1 Å². The highest BCUT2D eigenvalue weighted by molar-refractivity contribution is 6.03. The van der Waals surface area contributed by atoms with Gasteiger partial charge in [0.2, 0.25) is 0 Å². The van der Waals surface area contributed by atoms with E-state index in [1.54, 1.807) is 170 Å². The second-order valence-corrected chi connectivity index (χ2v) is 19.6. The Labute approximate surface area is 481 Å². The molecule has 0 amide bonds. The minimum atomic E-state index is -0.543. The molecule has 0 aliphatic carbocycles. The predicted molar refractivity (Wildman–Crippen MR) is 326 cm³/mol. The summed E-state index contributed by atoms with van der Waals surface area (Å²) in [5.41, 5.74) is 11.2. The number of fused-ring (bicyclic) bond motifs is 8. The van der Waals surface area contributed by atoms with Crippen molar-refractivity contribution in [1.29, 1.82) is 0 Å². The molecule has 0 fully saturated rings. The van der Waals surface area contributed by atoms with Gasteiger partial charge in [-0.3, -0.25) is 0 Å². The van der Waals surface area contributed by atoms with E-state index < -0.39 is 23.9 Å². The number of hydrogen-bond donors (Lipinski definition) is 2. The maximum Gasteiger partial charge on any atom is 0.343 e. The highest BCUT2D eigenvalue weighted by Gasteiger charge is 2.23. The molecule has 8 aromatic carbocycles. The molecule has 5 heterocycles. The monoisotopic (exact) mass is 1090 g/mol. The van der Waals surface area contributed by atoms with Gasteiger partial charge in [-0.1, -0.05) is 121 Å². The molecule has 0 saturated carbocycles. The highest BCUT2D eigenvalue weighted by Crippen LogP contribution is 2.40. The van der Waals surface area contributed by atoms with E-state index in [0.29, 0.717) is 135 Å². The standard InChI is InChI=1S/C72H46N4O8/c77-69(81-53-25-5-1-6-26-53)49-21-13-17-45(41-49)65-57-33-35-59(73-57)66(46-18-14-22-50(42-46)70(78)82-54-27-7-2-8-28-54)61-37-39-63(75-61)68(48-20-16-24-52(44-48)72(80)84-56-31-11-4-12-32-56)64-40-38-62(76-64)67(60-36-34-58(65)74-60)47-19-15-23-51(43-47)71(79)83-55-29-9-3-10-30-55/h1-44,73,76H. The molecule has 12 nitrogen and oxygen atoms in total. The summed E-state index contributed by atoms with van der Waals surface area (Å²) in [4.78, 5) is 73.8. The van der Waals surface area contributed by atoms with Crippen LogP contribution in [-0.4, -0.2) is 43.8 Å². The lowest BCUT2D eigenvalue weighted by Gasteiger charge is -2.10. The molecule has 0 spiro atoms. The van der Waals surface area contributed by atoms with E-state index in [4.69, 9.17) is 28.9 Å². The fraction of sp³-hybridized carbons (Fsp3) is 0. The number of benzene rings is 8. The van der Waals surface area contributed by atoms with Crippen LogP contribution in [0.15, 0.2) is 243 Å². The zero-order valence-electron chi connectivity index (χ0n) is 44.6. The van der Waals surface area contributed by atoms with E-state index >= 15 is 0 Å². The molecule has 8 bridgehead atoms. The Balaban J connectivity index is 1.07. The summed E-state index contributed by atoms with van der Waals surface area (Å²) >= 11 is 0. The molecule has 12 heteroatoms. The van der Waals surface area contributed by atoms with Gasteiger partial charge in [-0.15, -0.1) is 0 Å². The second kappa shape index (κ2) is 22.8. The molecule has 84 heavy (non-hydrogen) atoms. The fourth-order valence-corrected chi connectivity index (χ4v) is 10.2. The Kier molecular flexibility index (Phi) is 14.0. The Morgan fingerprint density at radius 1 is 0.262 bits per heavy atom. The number of nitrogens with zero attached hydrogens (tertiary/aromatic N) is 2. The van der Waals surface area contributed by atoms with Gasteiger partial charge in [-0.05, 0) is 168 Å². The topological polar surface area (TPSA) is 163 Å². The molecule has 402 valence electrons. The molecule has 3 aromatic heterocycles. The molecule has 0 saturated heterocycles. The van der Waals surface area contributed by atoms with E-state index in [2.05, 4.69) is 9.97 Å². The van der Waals surface area contributed by atoms with Crippen LogP contribution in [-0.2, 0) is 0 Å². The molecular formula is C72H46N4O8. The summed E-state index contributed by atoms with van der Waals surface area (Å²) in [7, 11) is 0. The molecule has 0 radical (unpaired) electrons. The number of rotatable bonds is 12. The van der Waals surface area contributed by atoms with Crippen molar-refractivity contribution in [3.63, 3.8) is 0 Å². The van der Waals surface area contributed by atoms with E-state index in [9.17, 15) is 19.2 Å². The van der Waals surface area contributed by atoms with Gasteiger partial charge >= 0.3 is 23.9 Å². The number of carbonyl (C=O) groups is 4. The lowest BCUT2D eigenvalue weighted by molar-refractivity contribution is 0.0725. The minimum Gasteiger partial charge on any atom is -0.423 e. The van der Waals surface area contributed by atoms with E-state index in [-0.39, 0.29) is 0 Å². The number of ether oxygens (including phenoxy) is 4. The fourth-order valence-electron chi connectivity index (χ4n) is 10.2. The lowest BCUT2D eigenvalue weighted by Crippen LogP contribution is -2.08. The molecular weight excluding hydrogens is 1050 g/mol. The maximum absolute atomic E-state index is 13.9. The number of H-pyrrole nitrogens is 2. The van der Waals surface area contributed by atoms with Crippen molar-refractivity contribution in [3.8, 4) is 67.5 Å². The molecule has 2 N–H and O–H groups in total. The van der Waals surface area contributed by atoms with E-state index in [1.165, 1.54) is 0 Å². The summed E-state index contributed by atoms with van der Waals surface area (Å²) < 4.78 is 23.3. The normalized spacial score (nSPS) is 11.4. The van der Waals surface area contributed by atoms with Crippen LogP contribution < -0.4 is 18.9 Å². The number of nitrogens with one attached hydrogen (secondary N) is 2. The van der Waals surface area contributed by atoms with Crippen LogP contribution in [0.25, 0.3) is 90.9 Å². The summed E-state index contributed by atoms with van der Waals surface area (Å²) in [5, 5.41) is 0. The Bertz CT molecular complexity index is 4050. The van der Waals surface area contributed by atoms with Gasteiger partial charge in [0.25, 0.3) is 0 Å². The smallest absolute Gasteiger partial charge is 0.343 e. The molecule has 2 aliphatic heterocycles. The van der Waals surface area contributed by atoms with Gasteiger partial charge in [0.15, 0.2) is 0 Å². The first kappa shape index (κ1) is 51.7. The maximum atomic E-state index is 13.9. The summed E-state index contributed by atoms with van der Waals surface area (Å²) in [6.07, 6.45) is 7.68. The predicted octanol–water partition coefficient (Wildman–Crippen LogP) is 16.2. The number of carbonyl (C=O) groups excluding carboxylic acids is 4. The number of esters is 4. The summed E-state index contributed by atoms with van der Waals surface area (Å²) in [6, 6.07) is 72.2. The van der Waals surface area contributed by atoms with Gasteiger partial charge in [0, 0.05) is 44.3 Å². The summed E-state index contributed by atoms with van der Waals surface area (Å²) in [5.74, 6) is -0.557. The van der Waals surface area contributed by atoms with Crippen molar-refractivity contribution in [2.75, 3.05) is 0 Å². The zero-order chi connectivity index (χ0) is 56.9. The number of aromatic amines is 2. The van der Waals surface area contributed by atoms with Crippen molar-refractivity contribution in [2.24, 2.45) is 0 Å². The van der Waals surface area contributed by atoms with Crippen LogP contribution in [0.1, 0.15) is 64.2 Å². The third kappa shape index (κ3) is 10.8. The van der Waals surface area contributed by atoms with Crippen molar-refractivity contribution in [3.05, 3.63) is 288 Å². The molecule has 2 aliphatic rings. The van der Waals surface area contributed by atoms with Crippen LogP contribution >= 0.6 is 0 Å². The Morgan fingerprint density at radius 2 is 0.488 bits per heavy atom. The van der Waals surface area contributed by atoms with Gasteiger partial charge in [0.05, 0.1) is 45.0 Å². The van der Waals surface area contributed by atoms with E-state index in [0.717, 1.165) is 0 Å². The number of aromatic nitrogens is 4. The first-order valence-electron chi connectivity index (χ1n) is 26.9. The van der Waals surface area contributed by atoms with E-state index in [1.807, 2.05) is 97.1 Å². The molecule has 11 aromatic rings. The van der Waals surface area contributed by atoms with Gasteiger partial charge in [-0.2, -0.15) is 0 Å². The van der Waals surface area contributed by atoms with Crippen molar-refractivity contribution >= 4 is 70.2 Å². The first-order chi connectivity index (χ1) is 41.2. The molecule has 0 unspecified atom stereocenters. The van der Waals surface area contributed by atoms with Crippen LogP contribution in [0.3, 0.4) is 0 Å². The quantitative estimate of drug-likeness (QED) is 0.0889. The van der Waals surface area contributed by atoms with Crippen LogP contribution in [0.5, 0.6) is 23.0 Å². The largest absolute Gasteiger partial charge is 0.423 e. The highest BCUT2D eigenvalue weighted by atomic mass is 16.5. The third-order valence-corrected chi connectivity index (χ3v) is 14.1. The minimum absolute atomic E-state index is 0.311. The number of hydrogen-bond acceptors (Lipinski definition) is 10. The van der Waals surface area contributed by atoms with Crippen molar-refractivity contribution in [1.82, 2.24) is 19.9 Å². The van der Waals surface area contributed by atoms with Gasteiger partial charge in [0.1, 0.15) is 23.0 Å².